The summed E-state index contributed by atoms with van der Waals surface area (Å²) < 4.78 is 16.5. The predicted molar refractivity (Wildman–Crippen MR) is 150 cm³/mol. The second-order valence-electron chi connectivity index (χ2n) is 12.9. The standard InChI is InChI=1S/C31H41N3O7/c1-30(2,3)25-26(35)34-17-22(15-24(34)27(36)39-4)41-29(38)33-16-21-11-7-10-20(23(21)18-33)9-5-6-12-31(13-8-14-31)19-40-28(37)32-25/h5,7,9-11,22,24-25H,6,8,12-19H2,1-4H3,(H,32,37)/b9-5+/t22-,24+,25-/m1/s1. The van der Waals surface area contributed by atoms with E-state index in [4.69, 9.17) is 14.2 Å². The normalized spacial score (nSPS) is 27.4. The number of allylic oxidation sites excluding steroid dienone is 1. The van der Waals surface area contributed by atoms with Crippen LogP contribution in [0.2, 0.25) is 0 Å². The number of esters is 1. The van der Waals surface area contributed by atoms with Gasteiger partial charge in [0, 0.05) is 18.4 Å². The molecule has 3 heterocycles. The lowest BCUT2D eigenvalue weighted by atomic mass is 9.66. The highest BCUT2D eigenvalue weighted by atomic mass is 16.6. The van der Waals surface area contributed by atoms with Crippen molar-refractivity contribution in [1.82, 2.24) is 15.1 Å². The summed E-state index contributed by atoms with van der Waals surface area (Å²) in [6.45, 7) is 6.70. The lowest BCUT2D eigenvalue weighted by molar-refractivity contribution is -0.152. The SMILES string of the molecule is COC(=O)[C@@H]1C[C@@H]2CN1C(=O)[C@H](C(C)(C)C)NC(=O)OCC1(CC/C=C/c3cccc4c3CN(C4)C(=O)O2)CCC1. The summed E-state index contributed by atoms with van der Waals surface area (Å²) in [6, 6.07) is 4.17. The zero-order valence-electron chi connectivity index (χ0n) is 24.4. The third-order valence-electron chi connectivity index (χ3n) is 9.00. The second kappa shape index (κ2) is 11.4. The molecule has 222 valence electrons. The summed E-state index contributed by atoms with van der Waals surface area (Å²) in [7, 11) is 1.26. The molecule has 1 spiro atoms. The predicted octanol–water partition coefficient (Wildman–Crippen LogP) is 4.40. The first-order chi connectivity index (χ1) is 19.5. The number of alkyl carbamates (subject to hydrolysis) is 1. The number of rotatable bonds is 1. The summed E-state index contributed by atoms with van der Waals surface area (Å²) in [4.78, 5) is 55.9. The molecule has 3 atom stereocenters. The van der Waals surface area contributed by atoms with Gasteiger partial charge in [-0.2, -0.15) is 0 Å². The Kier molecular flexibility index (Phi) is 8.03. The zero-order chi connectivity index (χ0) is 29.4. The van der Waals surface area contributed by atoms with Crippen molar-refractivity contribution >= 4 is 30.1 Å². The quantitative estimate of drug-likeness (QED) is 0.395. The molecule has 0 aromatic heterocycles. The number of fused-ring (bicyclic) bond motifs is 3. The van der Waals surface area contributed by atoms with Gasteiger partial charge in [0.25, 0.3) is 0 Å². The minimum atomic E-state index is -0.964. The van der Waals surface area contributed by atoms with Crippen molar-refractivity contribution in [2.45, 2.75) is 90.6 Å². The molecule has 10 nitrogen and oxygen atoms in total. The smallest absolute Gasteiger partial charge is 0.410 e. The Hall–Kier alpha value is -3.56. The molecule has 41 heavy (non-hydrogen) atoms. The van der Waals surface area contributed by atoms with E-state index in [0.29, 0.717) is 19.7 Å². The maximum Gasteiger partial charge on any atom is 0.410 e. The zero-order valence-corrected chi connectivity index (χ0v) is 24.4. The average molecular weight is 568 g/mol. The first kappa shape index (κ1) is 29.0. The first-order valence-corrected chi connectivity index (χ1v) is 14.5. The van der Waals surface area contributed by atoms with Crippen LogP contribution in [0.4, 0.5) is 9.59 Å². The van der Waals surface area contributed by atoms with E-state index in [-0.39, 0.29) is 18.4 Å². The fraction of sp³-hybridized carbons (Fsp3) is 0.613. The van der Waals surface area contributed by atoms with Crippen LogP contribution in [0.3, 0.4) is 0 Å². The lowest BCUT2D eigenvalue weighted by Gasteiger charge is -2.41. The van der Waals surface area contributed by atoms with Crippen LogP contribution >= 0.6 is 0 Å². The number of benzene rings is 1. The van der Waals surface area contributed by atoms with Gasteiger partial charge < -0.3 is 24.4 Å². The Bertz CT molecular complexity index is 1230. The minimum Gasteiger partial charge on any atom is -0.467 e. The largest absolute Gasteiger partial charge is 0.467 e. The average Bonchev–Trinajstić information content (AvgIpc) is 3.53. The molecule has 1 N–H and O–H groups in total. The highest BCUT2D eigenvalue weighted by molar-refractivity contribution is 5.91. The van der Waals surface area contributed by atoms with E-state index in [1.165, 1.54) is 12.0 Å². The molecule has 0 radical (unpaired) electrons. The summed E-state index contributed by atoms with van der Waals surface area (Å²) in [6.07, 6.45) is 7.34. The third-order valence-corrected chi connectivity index (χ3v) is 9.00. The summed E-state index contributed by atoms with van der Waals surface area (Å²) in [5.74, 6) is -1.04. The van der Waals surface area contributed by atoms with E-state index < -0.39 is 47.7 Å². The maximum atomic E-state index is 13.9. The van der Waals surface area contributed by atoms with Gasteiger partial charge in [-0.25, -0.2) is 14.4 Å². The van der Waals surface area contributed by atoms with Gasteiger partial charge in [-0.15, -0.1) is 0 Å². The van der Waals surface area contributed by atoms with Crippen molar-refractivity contribution in [2.75, 3.05) is 20.3 Å². The summed E-state index contributed by atoms with van der Waals surface area (Å²) in [5, 5.41) is 2.78. The van der Waals surface area contributed by atoms with Gasteiger partial charge in [0.05, 0.1) is 26.8 Å². The van der Waals surface area contributed by atoms with Gasteiger partial charge >= 0.3 is 18.2 Å². The molecule has 1 saturated carbocycles. The van der Waals surface area contributed by atoms with Gasteiger partial charge in [-0.3, -0.25) is 9.69 Å². The van der Waals surface area contributed by atoms with Crippen molar-refractivity contribution in [3.05, 3.63) is 41.0 Å². The van der Waals surface area contributed by atoms with Crippen LogP contribution in [0.25, 0.3) is 6.08 Å². The van der Waals surface area contributed by atoms with E-state index in [9.17, 15) is 19.2 Å². The molecule has 10 heteroatoms. The van der Waals surface area contributed by atoms with Crippen LogP contribution < -0.4 is 5.32 Å². The number of ether oxygens (including phenoxy) is 3. The number of hydrogen-bond acceptors (Lipinski definition) is 7. The Morgan fingerprint density at radius 2 is 1.90 bits per heavy atom. The van der Waals surface area contributed by atoms with E-state index in [2.05, 4.69) is 23.5 Å². The molecule has 4 bridgehead atoms. The molecule has 1 aromatic carbocycles. The van der Waals surface area contributed by atoms with E-state index in [1.807, 2.05) is 32.9 Å². The second-order valence-corrected chi connectivity index (χ2v) is 12.9. The van der Waals surface area contributed by atoms with E-state index in [1.54, 1.807) is 4.90 Å². The molecular formula is C31H41N3O7. The van der Waals surface area contributed by atoms with Crippen LogP contribution in [0.1, 0.15) is 76.0 Å². The maximum absolute atomic E-state index is 13.9. The topological polar surface area (TPSA) is 114 Å². The highest BCUT2D eigenvalue weighted by Crippen LogP contribution is 2.45. The molecule has 3 aliphatic heterocycles. The molecule has 1 aromatic rings. The number of amides is 3. The third kappa shape index (κ3) is 6.06. The van der Waals surface area contributed by atoms with Gasteiger partial charge in [0.1, 0.15) is 18.2 Å². The Morgan fingerprint density at radius 1 is 1.12 bits per heavy atom. The van der Waals surface area contributed by atoms with Crippen molar-refractivity contribution in [1.29, 1.82) is 0 Å². The van der Waals surface area contributed by atoms with Crippen molar-refractivity contribution < 1.29 is 33.4 Å². The Labute approximate surface area is 241 Å². The van der Waals surface area contributed by atoms with Crippen LogP contribution in [0.15, 0.2) is 24.3 Å². The van der Waals surface area contributed by atoms with E-state index >= 15 is 0 Å². The molecule has 4 aliphatic rings. The number of carbonyl (C=O) groups is 4. The number of nitrogens with one attached hydrogen (secondary N) is 1. The van der Waals surface area contributed by atoms with Crippen LogP contribution in [0.5, 0.6) is 0 Å². The van der Waals surface area contributed by atoms with Crippen molar-refractivity contribution in [3.63, 3.8) is 0 Å². The summed E-state index contributed by atoms with van der Waals surface area (Å²) in [5.41, 5.74) is 2.49. The minimum absolute atomic E-state index is 0.0194. The number of carbonyl (C=O) groups excluding carboxylic acids is 4. The highest BCUT2D eigenvalue weighted by Gasteiger charge is 2.47. The molecule has 0 unspecified atom stereocenters. The van der Waals surface area contributed by atoms with Crippen LogP contribution in [-0.2, 0) is 36.9 Å². The number of nitrogens with zero attached hydrogens (tertiary/aromatic N) is 2. The fourth-order valence-electron chi connectivity index (χ4n) is 6.37. The van der Waals surface area contributed by atoms with Gasteiger partial charge in [0.2, 0.25) is 5.91 Å². The van der Waals surface area contributed by atoms with Crippen LogP contribution in [0, 0.1) is 10.8 Å². The van der Waals surface area contributed by atoms with Crippen molar-refractivity contribution in [3.8, 4) is 0 Å². The monoisotopic (exact) mass is 567 g/mol. The van der Waals surface area contributed by atoms with E-state index in [0.717, 1.165) is 48.8 Å². The van der Waals surface area contributed by atoms with Gasteiger partial charge in [0.15, 0.2) is 0 Å². The van der Waals surface area contributed by atoms with Crippen molar-refractivity contribution in [2.24, 2.45) is 10.8 Å². The summed E-state index contributed by atoms with van der Waals surface area (Å²) >= 11 is 0. The molecule has 5 rings (SSSR count). The number of methoxy groups -OCH3 is 1. The number of cyclic esters (lactones) is 1. The Morgan fingerprint density at radius 3 is 2.59 bits per heavy atom. The van der Waals surface area contributed by atoms with Gasteiger partial charge in [-0.1, -0.05) is 57.5 Å². The lowest BCUT2D eigenvalue weighted by Crippen LogP contribution is -2.57. The molecule has 2 fully saturated rings. The number of hydrogen-bond donors (Lipinski definition) is 1. The first-order valence-electron chi connectivity index (χ1n) is 14.5. The molecule has 1 aliphatic carbocycles. The molecule has 3 amide bonds. The van der Waals surface area contributed by atoms with Gasteiger partial charge in [-0.05, 0) is 47.8 Å². The fourth-order valence-corrected chi connectivity index (χ4v) is 6.37. The van der Waals surface area contributed by atoms with Crippen LogP contribution in [-0.4, -0.2) is 72.3 Å². The molecule has 1 saturated heterocycles. The Balaban J connectivity index is 1.44. The molecular weight excluding hydrogens is 526 g/mol.